The fraction of sp³-hybridized carbons (Fsp3) is 0.643. The second kappa shape index (κ2) is 19.4. The summed E-state index contributed by atoms with van der Waals surface area (Å²) in [5.41, 5.74) is 0.514. The Balaban J connectivity index is 2.24. The summed E-state index contributed by atoms with van der Waals surface area (Å²) in [5, 5.41) is 5.91. The summed E-state index contributed by atoms with van der Waals surface area (Å²) in [6.07, 6.45) is 4.26. The van der Waals surface area contributed by atoms with E-state index in [9.17, 15) is 28.8 Å². The van der Waals surface area contributed by atoms with Gasteiger partial charge in [0.05, 0.1) is 0 Å². The zero-order chi connectivity index (χ0) is 29.9. The molecule has 0 saturated heterocycles. The Morgan fingerprint density at radius 2 is 0.950 bits per heavy atom. The molecule has 1 rings (SSSR count). The molecule has 2 atom stereocenters. The molecule has 40 heavy (non-hydrogen) atoms. The Hall–Kier alpha value is -3.70. The SMILES string of the molecule is C=C(C)C(=O)OCCOC(=O)CCCC(=O)NC1CCCC[C@H]1NC(=O)CCCC(=O)OCCOC(=O)C(=C)C. The standard InChI is InChI=1S/C28H42N2O10/c1-19(2)27(35)39-17-15-37-25(33)13-7-11-23(31)29-21-9-5-6-10-22(21)30-24(32)12-8-14-26(34)38-16-18-40-28(36)20(3)4/h21-22H,1,3,5-18H2,2,4H3,(H,29,31)(H,30,32)/t21-,22?/m1/s1. The maximum absolute atomic E-state index is 12.4. The van der Waals surface area contributed by atoms with Crippen molar-refractivity contribution in [3.63, 3.8) is 0 Å². The van der Waals surface area contributed by atoms with Gasteiger partial charge in [-0.1, -0.05) is 26.0 Å². The first kappa shape index (κ1) is 34.3. The van der Waals surface area contributed by atoms with Gasteiger partial charge in [-0.05, 0) is 39.5 Å². The summed E-state index contributed by atoms with van der Waals surface area (Å²) >= 11 is 0. The summed E-state index contributed by atoms with van der Waals surface area (Å²) in [4.78, 5) is 71.0. The maximum Gasteiger partial charge on any atom is 0.333 e. The van der Waals surface area contributed by atoms with E-state index >= 15 is 0 Å². The molecule has 1 aliphatic rings. The molecule has 1 unspecified atom stereocenters. The Kier molecular flexibility index (Phi) is 16.6. The van der Waals surface area contributed by atoms with E-state index in [-0.39, 0.29) is 87.2 Å². The molecule has 0 bridgehead atoms. The summed E-state index contributed by atoms with van der Waals surface area (Å²) < 4.78 is 19.6. The number of rotatable bonds is 18. The van der Waals surface area contributed by atoms with Crippen molar-refractivity contribution in [2.24, 2.45) is 0 Å². The van der Waals surface area contributed by atoms with Crippen molar-refractivity contribution in [3.05, 3.63) is 24.3 Å². The van der Waals surface area contributed by atoms with Crippen LogP contribution in [0.25, 0.3) is 0 Å². The molecule has 2 amide bonds. The minimum absolute atomic E-state index is 0.0504. The third-order valence-electron chi connectivity index (χ3n) is 5.88. The normalized spacial score (nSPS) is 16.1. The van der Waals surface area contributed by atoms with Crippen LogP contribution in [0.3, 0.4) is 0 Å². The summed E-state index contributed by atoms with van der Waals surface area (Å²) in [7, 11) is 0. The Bertz CT molecular complexity index is 856. The largest absolute Gasteiger partial charge is 0.462 e. The highest BCUT2D eigenvalue weighted by Gasteiger charge is 2.27. The Labute approximate surface area is 235 Å². The van der Waals surface area contributed by atoms with Gasteiger partial charge < -0.3 is 29.6 Å². The predicted molar refractivity (Wildman–Crippen MR) is 143 cm³/mol. The number of esters is 4. The van der Waals surface area contributed by atoms with Gasteiger partial charge in [-0.2, -0.15) is 0 Å². The van der Waals surface area contributed by atoms with E-state index in [0.717, 1.165) is 25.7 Å². The van der Waals surface area contributed by atoms with Crippen LogP contribution in [0.15, 0.2) is 24.3 Å². The first-order valence-electron chi connectivity index (χ1n) is 13.5. The van der Waals surface area contributed by atoms with Crippen LogP contribution in [0.1, 0.15) is 78.1 Å². The van der Waals surface area contributed by atoms with Crippen LogP contribution in [-0.2, 0) is 47.7 Å². The van der Waals surface area contributed by atoms with Crippen LogP contribution in [0.5, 0.6) is 0 Å². The van der Waals surface area contributed by atoms with E-state index in [1.54, 1.807) is 0 Å². The molecule has 1 aliphatic carbocycles. The number of ether oxygens (including phenoxy) is 4. The average molecular weight is 567 g/mol. The Morgan fingerprint density at radius 3 is 1.30 bits per heavy atom. The van der Waals surface area contributed by atoms with Gasteiger partial charge in [-0.3, -0.25) is 19.2 Å². The lowest BCUT2D eigenvalue weighted by molar-refractivity contribution is -0.150. The molecular formula is C28H42N2O10. The van der Waals surface area contributed by atoms with E-state index in [1.807, 2.05) is 0 Å². The van der Waals surface area contributed by atoms with Crippen molar-refractivity contribution in [1.82, 2.24) is 10.6 Å². The molecule has 1 fully saturated rings. The molecule has 224 valence electrons. The molecule has 12 nitrogen and oxygen atoms in total. The molecule has 0 spiro atoms. The summed E-state index contributed by atoms with van der Waals surface area (Å²) in [6.45, 7) is 9.68. The van der Waals surface area contributed by atoms with Crippen LogP contribution < -0.4 is 10.6 Å². The van der Waals surface area contributed by atoms with Gasteiger partial charge in [0.1, 0.15) is 26.4 Å². The van der Waals surface area contributed by atoms with Crippen LogP contribution in [0, 0.1) is 0 Å². The van der Waals surface area contributed by atoms with Crippen molar-refractivity contribution in [2.75, 3.05) is 26.4 Å². The third kappa shape index (κ3) is 15.6. The molecule has 0 aromatic heterocycles. The zero-order valence-electron chi connectivity index (χ0n) is 23.6. The van der Waals surface area contributed by atoms with E-state index < -0.39 is 23.9 Å². The monoisotopic (exact) mass is 566 g/mol. The minimum atomic E-state index is -0.554. The maximum atomic E-state index is 12.4. The van der Waals surface area contributed by atoms with Crippen LogP contribution in [0.2, 0.25) is 0 Å². The van der Waals surface area contributed by atoms with Crippen molar-refractivity contribution in [1.29, 1.82) is 0 Å². The predicted octanol–water partition coefficient (Wildman–Crippen LogP) is 2.20. The molecule has 0 radical (unpaired) electrons. The second-order valence-electron chi connectivity index (χ2n) is 9.61. The van der Waals surface area contributed by atoms with Gasteiger partial charge in [-0.15, -0.1) is 0 Å². The van der Waals surface area contributed by atoms with Crippen LogP contribution in [-0.4, -0.2) is 74.2 Å². The minimum Gasteiger partial charge on any atom is -0.462 e. The summed E-state index contributed by atoms with van der Waals surface area (Å²) in [5.74, 6) is -2.52. The number of carbonyl (C=O) groups is 6. The Morgan fingerprint density at radius 1 is 0.600 bits per heavy atom. The van der Waals surface area contributed by atoms with Gasteiger partial charge in [0.25, 0.3) is 0 Å². The number of hydrogen-bond donors (Lipinski definition) is 2. The van der Waals surface area contributed by atoms with Crippen LogP contribution >= 0.6 is 0 Å². The second-order valence-corrected chi connectivity index (χ2v) is 9.61. The molecule has 2 N–H and O–H groups in total. The number of nitrogens with one attached hydrogen (secondary N) is 2. The van der Waals surface area contributed by atoms with Gasteiger partial charge in [0.15, 0.2) is 0 Å². The zero-order valence-corrected chi connectivity index (χ0v) is 23.6. The molecule has 0 heterocycles. The van der Waals surface area contributed by atoms with Gasteiger partial charge in [0.2, 0.25) is 11.8 Å². The van der Waals surface area contributed by atoms with E-state index in [2.05, 4.69) is 23.8 Å². The van der Waals surface area contributed by atoms with E-state index in [4.69, 9.17) is 18.9 Å². The first-order chi connectivity index (χ1) is 19.0. The van der Waals surface area contributed by atoms with Crippen molar-refractivity contribution < 1.29 is 47.7 Å². The van der Waals surface area contributed by atoms with Crippen LogP contribution in [0.4, 0.5) is 0 Å². The van der Waals surface area contributed by atoms with Gasteiger partial charge in [0, 0.05) is 48.9 Å². The molecule has 0 aromatic carbocycles. The average Bonchev–Trinajstić information content (AvgIpc) is 2.89. The fourth-order valence-electron chi connectivity index (χ4n) is 3.79. The number of carbonyl (C=O) groups excluding carboxylic acids is 6. The molecule has 1 saturated carbocycles. The van der Waals surface area contributed by atoms with Crippen molar-refractivity contribution in [2.45, 2.75) is 90.1 Å². The number of hydrogen-bond acceptors (Lipinski definition) is 10. The lowest BCUT2D eigenvalue weighted by atomic mass is 9.90. The quantitative estimate of drug-likeness (QED) is 0.109. The van der Waals surface area contributed by atoms with E-state index in [0.29, 0.717) is 12.8 Å². The van der Waals surface area contributed by atoms with E-state index in [1.165, 1.54) is 13.8 Å². The van der Waals surface area contributed by atoms with Crippen molar-refractivity contribution in [3.8, 4) is 0 Å². The first-order valence-corrected chi connectivity index (χ1v) is 13.5. The molecule has 12 heteroatoms. The highest BCUT2D eigenvalue weighted by atomic mass is 16.6. The lowest BCUT2D eigenvalue weighted by Crippen LogP contribution is -2.53. The topological polar surface area (TPSA) is 163 Å². The highest BCUT2D eigenvalue weighted by Crippen LogP contribution is 2.19. The smallest absolute Gasteiger partial charge is 0.333 e. The highest BCUT2D eigenvalue weighted by molar-refractivity contribution is 5.87. The summed E-state index contributed by atoms with van der Waals surface area (Å²) in [6, 6.07) is -0.431. The lowest BCUT2D eigenvalue weighted by Gasteiger charge is -2.33. The molecule has 0 aliphatic heterocycles. The molecular weight excluding hydrogens is 524 g/mol. The number of amides is 2. The third-order valence-corrected chi connectivity index (χ3v) is 5.88. The fourth-order valence-corrected chi connectivity index (χ4v) is 3.79. The van der Waals surface area contributed by atoms with Crippen molar-refractivity contribution >= 4 is 35.7 Å². The van der Waals surface area contributed by atoms with Gasteiger partial charge in [-0.25, -0.2) is 9.59 Å². The van der Waals surface area contributed by atoms with Gasteiger partial charge >= 0.3 is 23.9 Å². The molecule has 0 aromatic rings.